The number of carbonyl (C=O) groups is 1. The minimum atomic E-state index is -0.284. The molecule has 0 unspecified atom stereocenters. The zero-order chi connectivity index (χ0) is 33.2. The molecule has 10 nitrogen and oxygen atoms in total. The number of benzene rings is 2. The highest BCUT2D eigenvalue weighted by molar-refractivity contribution is 7.23. The number of nitrogens with zero attached hydrogens (tertiary/aromatic N) is 5. The molecular formula is C37H32FN7O3S. The van der Waals surface area contributed by atoms with E-state index in [1.165, 1.54) is 23.3 Å². The molecule has 0 radical (unpaired) electrons. The van der Waals surface area contributed by atoms with Crippen LogP contribution < -0.4 is 15.8 Å². The first-order chi connectivity index (χ1) is 24.0. The van der Waals surface area contributed by atoms with E-state index >= 15 is 0 Å². The van der Waals surface area contributed by atoms with Crippen LogP contribution in [0.2, 0.25) is 0 Å². The van der Waals surface area contributed by atoms with Gasteiger partial charge in [0, 0.05) is 23.2 Å². The van der Waals surface area contributed by atoms with Crippen molar-refractivity contribution < 1.29 is 18.3 Å². The molecule has 0 spiro atoms. The van der Waals surface area contributed by atoms with Gasteiger partial charge in [0.05, 0.1) is 46.4 Å². The number of nitrogens with one attached hydrogen (secondary N) is 1. The Morgan fingerprint density at radius 2 is 1.96 bits per heavy atom. The summed E-state index contributed by atoms with van der Waals surface area (Å²) < 4.78 is 26.2. The number of amides is 1. The molecule has 3 aliphatic rings. The standard InChI is InChI=1S/C37H32FN7O3S/c1-47-27-6-2-4-22-23(27)12-14-24(22)42-34-33-20(15-16-40-34)18-28(49-33)30-29(35-43-44-37(39)48-35)25(13-9-19-7-10-21(38)11-8-19)41-32-26-5-3-17-45(26)36(46)31(30)32/h2,4,6-8,10-11,15-16,18,24,26H,3,5,9,12-14,17H2,1H3,(H2,39,44)(H,40,42)/t24-,26+/m0/s1. The summed E-state index contributed by atoms with van der Waals surface area (Å²) in [4.78, 5) is 27.0. The Morgan fingerprint density at radius 1 is 1.08 bits per heavy atom. The lowest BCUT2D eigenvalue weighted by Crippen LogP contribution is -2.22. The van der Waals surface area contributed by atoms with Crippen molar-refractivity contribution in [3.8, 4) is 27.6 Å². The summed E-state index contributed by atoms with van der Waals surface area (Å²) in [5.74, 6) is 1.58. The number of thiophene rings is 1. The molecule has 3 N–H and O–H groups in total. The zero-order valence-electron chi connectivity index (χ0n) is 26.7. The molecule has 1 amide bonds. The zero-order valence-corrected chi connectivity index (χ0v) is 27.5. The molecule has 6 aromatic rings. The number of pyridine rings is 2. The number of anilines is 2. The highest BCUT2D eigenvalue weighted by atomic mass is 32.1. The van der Waals surface area contributed by atoms with E-state index in [9.17, 15) is 9.18 Å². The van der Waals surface area contributed by atoms with E-state index < -0.39 is 0 Å². The topological polar surface area (TPSA) is 132 Å². The smallest absolute Gasteiger partial charge is 0.313 e. The van der Waals surface area contributed by atoms with Crippen molar-refractivity contribution in [3.63, 3.8) is 0 Å². The van der Waals surface area contributed by atoms with Crippen molar-refractivity contribution in [2.75, 3.05) is 24.7 Å². The van der Waals surface area contributed by atoms with Crippen LogP contribution >= 0.6 is 11.3 Å². The second kappa shape index (κ2) is 11.7. The normalized spacial score (nSPS) is 17.8. The molecule has 49 heavy (non-hydrogen) atoms. The molecule has 0 bridgehead atoms. The van der Waals surface area contributed by atoms with Gasteiger partial charge in [-0.15, -0.1) is 16.4 Å². The number of rotatable bonds is 8. The average molecular weight is 674 g/mol. The molecule has 12 heteroatoms. The minimum Gasteiger partial charge on any atom is -0.496 e. The van der Waals surface area contributed by atoms with E-state index in [-0.39, 0.29) is 35.7 Å². The number of hydrogen-bond donors (Lipinski definition) is 2. The fourth-order valence-corrected chi connectivity index (χ4v) is 8.94. The third-order valence-electron chi connectivity index (χ3n) is 10.0. The lowest BCUT2D eigenvalue weighted by Gasteiger charge is -2.16. The number of nitrogens with two attached hydrogens (primary N) is 1. The highest BCUT2D eigenvalue weighted by Crippen LogP contribution is 2.51. The summed E-state index contributed by atoms with van der Waals surface area (Å²) in [6, 6.07) is 16.7. The van der Waals surface area contributed by atoms with Crippen LogP contribution in [-0.2, 0) is 19.3 Å². The molecule has 0 saturated carbocycles. The fraction of sp³-hybridized carbons (Fsp3) is 0.270. The lowest BCUT2D eigenvalue weighted by atomic mass is 9.93. The van der Waals surface area contributed by atoms with E-state index in [2.05, 4.69) is 27.6 Å². The van der Waals surface area contributed by atoms with Gasteiger partial charge < -0.3 is 25.1 Å². The number of aromatic nitrogens is 4. The molecule has 6 heterocycles. The van der Waals surface area contributed by atoms with Gasteiger partial charge in [-0.05, 0) is 90.9 Å². The molecule has 2 atom stereocenters. The van der Waals surface area contributed by atoms with Gasteiger partial charge in [0.2, 0.25) is 0 Å². The predicted molar refractivity (Wildman–Crippen MR) is 185 cm³/mol. The van der Waals surface area contributed by atoms with Crippen molar-refractivity contribution in [1.29, 1.82) is 0 Å². The molecule has 1 saturated heterocycles. The van der Waals surface area contributed by atoms with Crippen LogP contribution in [0.4, 0.5) is 16.2 Å². The van der Waals surface area contributed by atoms with Crippen LogP contribution in [0.3, 0.4) is 0 Å². The minimum absolute atomic E-state index is 0.0377. The van der Waals surface area contributed by atoms with Gasteiger partial charge in [0.15, 0.2) is 0 Å². The highest BCUT2D eigenvalue weighted by Gasteiger charge is 2.45. The second-order valence-electron chi connectivity index (χ2n) is 12.7. The maximum absolute atomic E-state index is 14.2. The van der Waals surface area contributed by atoms with Gasteiger partial charge in [0.25, 0.3) is 11.8 Å². The largest absolute Gasteiger partial charge is 0.496 e. The maximum atomic E-state index is 14.2. The Labute approximate surface area is 285 Å². The molecule has 1 fully saturated rings. The monoisotopic (exact) mass is 673 g/mol. The quantitative estimate of drug-likeness (QED) is 0.171. The van der Waals surface area contributed by atoms with Crippen LogP contribution in [0.15, 0.2) is 65.2 Å². The SMILES string of the molecule is COc1cccc2c1CC[C@@H]2Nc1nccc2cc(-c3c4c(nc(CCc5ccc(F)cc5)c3-c3nnc(N)o3)[C@H]3CCCN3C4=O)sc12. The van der Waals surface area contributed by atoms with Gasteiger partial charge in [-0.1, -0.05) is 29.4 Å². The Bertz CT molecular complexity index is 2270. The van der Waals surface area contributed by atoms with Crippen LogP contribution in [0.1, 0.15) is 69.8 Å². The fourth-order valence-electron chi connectivity index (χ4n) is 7.77. The number of aryl methyl sites for hydroxylation is 2. The summed E-state index contributed by atoms with van der Waals surface area (Å²) in [5, 5.41) is 13.0. The Balaban J connectivity index is 1.20. The van der Waals surface area contributed by atoms with Crippen molar-refractivity contribution in [3.05, 3.63) is 100 Å². The van der Waals surface area contributed by atoms with E-state index in [0.29, 0.717) is 30.5 Å². The number of fused-ring (bicyclic) bond motifs is 5. The number of hydrogen-bond acceptors (Lipinski definition) is 10. The molecule has 9 rings (SSSR count). The van der Waals surface area contributed by atoms with Crippen LogP contribution in [0, 0.1) is 5.82 Å². The number of carbonyl (C=O) groups excluding carboxylic acids is 1. The summed E-state index contributed by atoms with van der Waals surface area (Å²) >= 11 is 1.57. The number of nitrogen functional groups attached to an aromatic ring is 1. The van der Waals surface area contributed by atoms with Crippen molar-refractivity contribution >= 4 is 39.2 Å². The van der Waals surface area contributed by atoms with E-state index in [1.54, 1.807) is 30.6 Å². The molecular weight excluding hydrogens is 642 g/mol. The molecule has 1 aliphatic carbocycles. The Hall–Kier alpha value is -5.36. The third-order valence-corrected chi connectivity index (χ3v) is 11.2. The van der Waals surface area contributed by atoms with Gasteiger partial charge in [0.1, 0.15) is 17.4 Å². The Kier molecular flexibility index (Phi) is 7.08. The van der Waals surface area contributed by atoms with Crippen molar-refractivity contribution in [2.45, 2.75) is 50.6 Å². The van der Waals surface area contributed by atoms with Gasteiger partial charge in [-0.3, -0.25) is 9.78 Å². The number of methoxy groups -OCH3 is 1. The second-order valence-corrected chi connectivity index (χ2v) is 13.8. The number of ether oxygens (including phenoxy) is 1. The van der Waals surface area contributed by atoms with Crippen molar-refractivity contribution in [1.82, 2.24) is 25.1 Å². The predicted octanol–water partition coefficient (Wildman–Crippen LogP) is 7.31. The first-order valence-electron chi connectivity index (χ1n) is 16.5. The first kappa shape index (κ1) is 29.8. The Morgan fingerprint density at radius 3 is 2.78 bits per heavy atom. The average Bonchev–Trinajstić information content (AvgIpc) is 3.95. The van der Waals surface area contributed by atoms with Crippen LogP contribution in [0.25, 0.3) is 32.0 Å². The summed E-state index contributed by atoms with van der Waals surface area (Å²) in [6.07, 6.45) is 6.55. The van der Waals surface area contributed by atoms with Crippen LogP contribution in [-0.4, -0.2) is 44.6 Å². The third kappa shape index (κ3) is 4.92. The van der Waals surface area contributed by atoms with Gasteiger partial charge in [-0.25, -0.2) is 9.37 Å². The summed E-state index contributed by atoms with van der Waals surface area (Å²) in [7, 11) is 1.71. The molecule has 246 valence electrons. The van der Waals surface area contributed by atoms with Gasteiger partial charge >= 0.3 is 6.01 Å². The van der Waals surface area contributed by atoms with Crippen LogP contribution in [0.5, 0.6) is 5.75 Å². The molecule has 2 aromatic carbocycles. The maximum Gasteiger partial charge on any atom is 0.313 e. The van der Waals surface area contributed by atoms with Gasteiger partial charge in [-0.2, -0.15) is 0 Å². The van der Waals surface area contributed by atoms with E-state index in [4.69, 9.17) is 24.9 Å². The number of halogens is 1. The lowest BCUT2D eigenvalue weighted by molar-refractivity contribution is 0.0776. The molecule has 2 aliphatic heterocycles. The van der Waals surface area contributed by atoms with E-state index in [0.717, 1.165) is 74.7 Å². The summed E-state index contributed by atoms with van der Waals surface area (Å²) in [6.45, 7) is 0.686. The first-order valence-corrected chi connectivity index (χ1v) is 17.3. The van der Waals surface area contributed by atoms with E-state index in [1.807, 2.05) is 29.3 Å². The van der Waals surface area contributed by atoms with Crippen molar-refractivity contribution in [2.24, 2.45) is 0 Å². The molecule has 4 aromatic heterocycles. The summed E-state index contributed by atoms with van der Waals surface area (Å²) in [5.41, 5.74) is 12.8.